The Balaban J connectivity index is 1.87. The molecule has 20 heavy (non-hydrogen) atoms. The second kappa shape index (κ2) is 5.52. The van der Waals surface area contributed by atoms with Crippen LogP contribution in [0.3, 0.4) is 0 Å². The summed E-state index contributed by atoms with van der Waals surface area (Å²) in [6.07, 6.45) is 2.15. The van der Waals surface area contributed by atoms with E-state index < -0.39 is 14.1 Å². The van der Waals surface area contributed by atoms with Crippen LogP contribution < -0.4 is 0 Å². The van der Waals surface area contributed by atoms with Gasteiger partial charge in [-0.3, -0.25) is 4.79 Å². The SMILES string of the molecule is CC(C)(C)[Si](C)(C)OC[C@@H]1CCC2(OCCO2)C(=O)C1. The van der Waals surface area contributed by atoms with E-state index in [1.807, 2.05) is 0 Å². The van der Waals surface area contributed by atoms with E-state index in [1.54, 1.807) is 0 Å². The summed E-state index contributed by atoms with van der Waals surface area (Å²) in [4.78, 5) is 12.3. The Morgan fingerprint density at radius 1 is 1.30 bits per heavy atom. The molecule has 0 unspecified atom stereocenters. The topological polar surface area (TPSA) is 44.8 Å². The molecule has 0 radical (unpaired) electrons. The van der Waals surface area contributed by atoms with Crippen LogP contribution in [0.2, 0.25) is 18.1 Å². The van der Waals surface area contributed by atoms with Crippen molar-refractivity contribution in [3.8, 4) is 0 Å². The van der Waals surface area contributed by atoms with Gasteiger partial charge in [0, 0.05) is 19.4 Å². The third-order valence-corrected chi connectivity index (χ3v) is 9.52. The molecule has 1 aliphatic carbocycles. The minimum Gasteiger partial charge on any atom is -0.417 e. The Kier molecular flexibility index (Phi) is 4.45. The van der Waals surface area contributed by atoms with Gasteiger partial charge in [-0.1, -0.05) is 20.8 Å². The number of hydrogen-bond acceptors (Lipinski definition) is 4. The van der Waals surface area contributed by atoms with Gasteiger partial charge in [0.25, 0.3) is 0 Å². The monoisotopic (exact) mass is 300 g/mol. The predicted octanol–water partition coefficient (Wildman–Crippen LogP) is 3.12. The van der Waals surface area contributed by atoms with Gasteiger partial charge in [0.1, 0.15) is 0 Å². The van der Waals surface area contributed by atoms with Crippen LogP contribution >= 0.6 is 0 Å². The second-order valence-electron chi connectivity index (χ2n) is 7.55. The normalized spacial score (nSPS) is 27.2. The Bertz CT molecular complexity index is 367. The molecular formula is C15H28O4Si. The zero-order valence-electron chi connectivity index (χ0n) is 13.5. The highest BCUT2D eigenvalue weighted by Gasteiger charge is 2.48. The number of ether oxygens (including phenoxy) is 2. The van der Waals surface area contributed by atoms with Crippen LogP contribution in [0, 0.1) is 5.92 Å². The van der Waals surface area contributed by atoms with Gasteiger partial charge in [-0.05, 0) is 30.5 Å². The van der Waals surface area contributed by atoms with Crippen molar-refractivity contribution >= 4 is 14.1 Å². The zero-order valence-corrected chi connectivity index (χ0v) is 14.5. The zero-order chi connectivity index (χ0) is 15.0. The maximum Gasteiger partial charge on any atom is 0.229 e. The molecule has 1 aliphatic heterocycles. The Labute approximate surface area is 123 Å². The molecule has 1 heterocycles. The molecule has 2 rings (SSSR count). The van der Waals surface area contributed by atoms with Gasteiger partial charge in [-0.15, -0.1) is 0 Å². The van der Waals surface area contributed by atoms with Crippen LogP contribution in [-0.4, -0.2) is 39.7 Å². The van der Waals surface area contributed by atoms with E-state index in [0.29, 0.717) is 38.6 Å². The van der Waals surface area contributed by atoms with E-state index in [9.17, 15) is 4.79 Å². The van der Waals surface area contributed by atoms with E-state index in [4.69, 9.17) is 13.9 Å². The minimum absolute atomic E-state index is 0.102. The van der Waals surface area contributed by atoms with Gasteiger partial charge in [0.15, 0.2) is 14.1 Å². The summed E-state index contributed by atoms with van der Waals surface area (Å²) in [7, 11) is -1.72. The molecule has 1 spiro atoms. The van der Waals surface area contributed by atoms with Crippen LogP contribution in [0.4, 0.5) is 0 Å². The molecule has 1 saturated carbocycles. The molecule has 2 fully saturated rings. The average Bonchev–Trinajstić information content (AvgIpc) is 2.79. The first kappa shape index (κ1) is 16.1. The van der Waals surface area contributed by atoms with Crippen LogP contribution in [0.1, 0.15) is 40.0 Å². The third kappa shape index (κ3) is 3.16. The summed E-state index contributed by atoms with van der Waals surface area (Å²) in [6, 6.07) is 0. The fourth-order valence-electron chi connectivity index (χ4n) is 2.50. The van der Waals surface area contributed by atoms with Crippen LogP contribution in [0.5, 0.6) is 0 Å². The number of ketones is 1. The van der Waals surface area contributed by atoms with Crippen LogP contribution in [0.15, 0.2) is 0 Å². The van der Waals surface area contributed by atoms with Gasteiger partial charge < -0.3 is 13.9 Å². The van der Waals surface area contributed by atoms with Gasteiger partial charge in [-0.25, -0.2) is 0 Å². The maximum atomic E-state index is 12.3. The highest BCUT2D eigenvalue weighted by atomic mass is 28.4. The molecule has 0 N–H and O–H groups in total. The van der Waals surface area contributed by atoms with Crippen molar-refractivity contribution in [2.75, 3.05) is 19.8 Å². The lowest BCUT2D eigenvalue weighted by atomic mass is 9.84. The molecule has 116 valence electrons. The van der Waals surface area contributed by atoms with Crippen LogP contribution in [-0.2, 0) is 18.7 Å². The molecule has 1 atom stereocenters. The maximum absolute atomic E-state index is 12.3. The van der Waals surface area contributed by atoms with Crippen molar-refractivity contribution in [3.63, 3.8) is 0 Å². The number of Topliss-reactive ketones (excluding diaryl/α,β-unsaturated/α-hetero) is 1. The third-order valence-electron chi connectivity index (χ3n) is 5.02. The van der Waals surface area contributed by atoms with E-state index in [-0.39, 0.29) is 10.8 Å². The van der Waals surface area contributed by atoms with E-state index >= 15 is 0 Å². The lowest BCUT2D eigenvalue weighted by molar-refractivity contribution is -0.191. The first-order chi connectivity index (χ1) is 9.16. The van der Waals surface area contributed by atoms with Crippen molar-refractivity contribution in [2.24, 2.45) is 5.92 Å². The highest BCUT2D eigenvalue weighted by molar-refractivity contribution is 6.74. The summed E-state index contributed by atoms with van der Waals surface area (Å²) in [5.74, 6) is -0.492. The molecule has 0 bridgehead atoms. The van der Waals surface area contributed by atoms with E-state index in [1.165, 1.54) is 0 Å². The molecule has 2 aliphatic rings. The Morgan fingerprint density at radius 2 is 1.90 bits per heavy atom. The number of carbonyl (C=O) groups is 1. The van der Waals surface area contributed by atoms with Crippen molar-refractivity contribution in [1.82, 2.24) is 0 Å². The molecule has 0 aromatic carbocycles. The lowest BCUT2D eigenvalue weighted by Crippen LogP contribution is -2.47. The second-order valence-corrected chi connectivity index (χ2v) is 12.4. The molecule has 4 nitrogen and oxygen atoms in total. The predicted molar refractivity (Wildman–Crippen MR) is 80.1 cm³/mol. The standard InChI is InChI=1S/C15H28O4Si/c1-14(2,3)20(4,5)19-11-12-6-7-15(13(16)10-12)17-8-9-18-15/h12H,6-11H2,1-5H3/t12-/m1/s1. The highest BCUT2D eigenvalue weighted by Crippen LogP contribution is 2.39. The van der Waals surface area contributed by atoms with Crippen LogP contribution in [0.25, 0.3) is 0 Å². The largest absolute Gasteiger partial charge is 0.417 e. The van der Waals surface area contributed by atoms with Crippen molar-refractivity contribution in [2.45, 2.75) is 64.0 Å². The van der Waals surface area contributed by atoms with E-state index in [2.05, 4.69) is 33.9 Å². The van der Waals surface area contributed by atoms with Crippen molar-refractivity contribution in [3.05, 3.63) is 0 Å². The summed E-state index contributed by atoms with van der Waals surface area (Å²) >= 11 is 0. The van der Waals surface area contributed by atoms with E-state index in [0.717, 1.165) is 6.42 Å². The summed E-state index contributed by atoms with van der Waals surface area (Å²) in [6.45, 7) is 13.0. The van der Waals surface area contributed by atoms with Gasteiger partial charge in [0.2, 0.25) is 5.79 Å². The number of rotatable bonds is 3. The lowest BCUT2D eigenvalue weighted by Gasteiger charge is -2.39. The Hall–Kier alpha value is -0.233. The molecule has 0 aromatic rings. The fourth-order valence-corrected chi connectivity index (χ4v) is 3.58. The molecular weight excluding hydrogens is 272 g/mol. The average molecular weight is 300 g/mol. The molecule has 1 saturated heterocycles. The fraction of sp³-hybridized carbons (Fsp3) is 0.933. The van der Waals surface area contributed by atoms with Gasteiger partial charge in [0.05, 0.1) is 13.2 Å². The summed E-state index contributed by atoms with van der Waals surface area (Å²) < 4.78 is 17.3. The first-order valence-electron chi connectivity index (χ1n) is 7.61. The molecule has 0 amide bonds. The minimum atomic E-state index is -1.72. The summed E-state index contributed by atoms with van der Waals surface area (Å²) in [5, 5.41) is 0.213. The quantitative estimate of drug-likeness (QED) is 0.751. The number of carbonyl (C=O) groups excluding carboxylic acids is 1. The molecule has 5 heteroatoms. The summed E-state index contributed by atoms with van der Waals surface area (Å²) in [5.41, 5.74) is 0. The van der Waals surface area contributed by atoms with Gasteiger partial charge in [-0.2, -0.15) is 0 Å². The first-order valence-corrected chi connectivity index (χ1v) is 10.5. The molecule has 0 aromatic heterocycles. The van der Waals surface area contributed by atoms with Crippen molar-refractivity contribution in [1.29, 1.82) is 0 Å². The Morgan fingerprint density at radius 3 is 2.40 bits per heavy atom. The number of hydrogen-bond donors (Lipinski definition) is 0. The smallest absolute Gasteiger partial charge is 0.229 e. The van der Waals surface area contributed by atoms with Crippen molar-refractivity contribution < 1.29 is 18.7 Å². The van der Waals surface area contributed by atoms with Gasteiger partial charge >= 0.3 is 0 Å².